The second kappa shape index (κ2) is 8.80. The van der Waals surface area contributed by atoms with E-state index in [4.69, 9.17) is 4.42 Å². The molecule has 24 heavy (non-hydrogen) atoms. The molecule has 0 radical (unpaired) electrons. The fourth-order valence-corrected chi connectivity index (χ4v) is 3.23. The first-order valence-corrected chi connectivity index (χ1v) is 8.84. The molecule has 1 saturated carbocycles. The summed E-state index contributed by atoms with van der Waals surface area (Å²) in [7, 11) is 1.72. The van der Waals surface area contributed by atoms with Crippen LogP contribution in [0.25, 0.3) is 0 Å². The molecule has 0 unspecified atom stereocenters. The van der Waals surface area contributed by atoms with Gasteiger partial charge in [-0.3, -0.25) is 9.59 Å². The van der Waals surface area contributed by atoms with Gasteiger partial charge in [-0.25, -0.2) is 0 Å². The molecule has 0 aromatic carbocycles. The van der Waals surface area contributed by atoms with Crippen LogP contribution in [-0.4, -0.2) is 40.5 Å². The van der Waals surface area contributed by atoms with Crippen LogP contribution in [0.4, 0.5) is 0 Å². The molecule has 1 aliphatic rings. The first kappa shape index (κ1) is 18.4. The minimum Gasteiger partial charge on any atom is -0.424 e. The molecule has 2 rings (SSSR count). The zero-order valence-electron chi connectivity index (χ0n) is 14.9. The van der Waals surface area contributed by atoms with Gasteiger partial charge in [0.15, 0.2) is 0 Å². The predicted octanol–water partition coefficient (Wildman–Crippen LogP) is 2.06. The smallest absolute Gasteiger partial charge is 0.235 e. The molecule has 134 valence electrons. The highest BCUT2D eigenvalue weighted by Crippen LogP contribution is 2.31. The number of rotatable bonds is 7. The molecule has 0 aliphatic heterocycles. The largest absolute Gasteiger partial charge is 0.424 e. The van der Waals surface area contributed by atoms with Crippen molar-refractivity contribution in [3.05, 3.63) is 11.8 Å². The fourth-order valence-electron chi connectivity index (χ4n) is 3.23. The normalized spacial score (nSPS) is 20.6. The van der Waals surface area contributed by atoms with Gasteiger partial charge >= 0.3 is 0 Å². The lowest BCUT2D eigenvalue weighted by atomic mass is 9.78. The van der Waals surface area contributed by atoms with E-state index >= 15 is 0 Å². The van der Waals surface area contributed by atoms with E-state index in [-0.39, 0.29) is 30.2 Å². The Balaban J connectivity index is 1.97. The molecule has 0 saturated heterocycles. The van der Waals surface area contributed by atoms with Gasteiger partial charge in [0.2, 0.25) is 23.6 Å². The molecule has 2 amide bonds. The summed E-state index contributed by atoms with van der Waals surface area (Å²) in [6, 6.07) is 0. The highest BCUT2D eigenvalue weighted by atomic mass is 16.4. The number of nitrogens with zero attached hydrogens (tertiary/aromatic N) is 3. The van der Waals surface area contributed by atoms with Crippen molar-refractivity contribution < 1.29 is 14.0 Å². The summed E-state index contributed by atoms with van der Waals surface area (Å²) >= 11 is 0. The SMILES string of the molecule is CCCCNC(=O)[C@@H]1CCCC[C@@H]1C(=O)N(C)Cc1nnc(C)o1. The maximum atomic E-state index is 12.8. The number of aromatic nitrogens is 2. The number of carbonyl (C=O) groups excluding carboxylic acids is 2. The Labute approximate surface area is 143 Å². The fraction of sp³-hybridized carbons (Fsp3) is 0.765. The Hall–Kier alpha value is -1.92. The lowest BCUT2D eigenvalue weighted by Gasteiger charge is -2.32. The van der Waals surface area contributed by atoms with Gasteiger partial charge in [-0.1, -0.05) is 26.2 Å². The maximum absolute atomic E-state index is 12.8. The second-order valence-corrected chi connectivity index (χ2v) is 6.55. The van der Waals surface area contributed by atoms with Crippen molar-refractivity contribution in [2.45, 2.75) is 58.9 Å². The van der Waals surface area contributed by atoms with Crippen LogP contribution in [0.5, 0.6) is 0 Å². The third-order valence-electron chi connectivity index (χ3n) is 4.57. The van der Waals surface area contributed by atoms with E-state index < -0.39 is 0 Å². The molecule has 0 spiro atoms. The van der Waals surface area contributed by atoms with Crippen LogP contribution in [0, 0.1) is 18.8 Å². The van der Waals surface area contributed by atoms with E-state index in [1.807, 2.05) is 0 Å². The first-order valence-electron chi connectivity index (χ1n) is 8.84. The summed E-state index contributed by atoms with van der Waals surface area (Å²) in [4.78, 5) is 26.9. The van der Waals surface area contributed by atoms with Crippen LogP contribution in [0.1, 0.15) is 57.2 Å². The topological polar surface area (TPSA) is 88.3 Å². The van der Waals surface area contributed by atoms with E-state index in [2.05, 4.69) is 22.4 Å². The molecular weight excluding hydrogens is 308 g/mol. The zero-order chi connectivity index (χ0) is 17.5. The van der Waals surface area contributed by atoms with Gasteiger partial charge in [0.1, 0.15) is 0 Å². The molecule has 1 aromatic rings. The number of hydrogen-bond acceptors (Lipinski definition) is 5. The molecule has 1 aliphatic carbocycles. The van der Waals surface area contributed by atoms with Crippen molar-refractivity contribution in [1.29, 1.82) is 0 Å². The van der Waals surface area contributed by atoms with E-state index in [1.165, 1.54) is 0 Å². The van der Waals surface area contributed by atoms with E-state index in [0.29, 0.717) is 18.3 Å². The number of aryl methyl sites for hydroxylation is 1. The average molecular weight is 336 g/mol. The third-order valence-corrected chi connectivity index (χ3v) is 4.57. The molecule has 7 heteroatoms. The third kappa shape index (κ3) is 4.79. The monoisotopic (exact) mass is 336 g/mol. The number of nitrogens with one attached hydrogen (secondary N) is 1. The molecule has 1 N–H and O–H groups in total. The predicted molar refractivity (Wildman–Crippen MR) is 88.9 cm³/mol. The van der Waals surface area contributed by atoms with Gasteiger partial charge in [0, 0.05) is 32.4 Å². The van der Waals surface area contributed by atoms with Crippen molar-refractivity contribution >= 4 is 11.8 Å². The van der Waals surface area contributed by atoms with Crippen molar-refractivity contribution in [2.75, 3.05) is 13.6 Å². The summed E-state index contributed by atoms with van der Waals surface area (Å²) in [5.74, 6) is 0.425. The van der Waals surface area contributed by atoms with E-state index in [1.54, 1.807) is 18.9 Å². The van der Waals surface area contributed by atoms with Crippen LogP contribution in [0.2, 0.25) is 0 Å². The highest BCUT2D eigenvalue weighted by Gasteiger charge is 2.37. The Kier molecular flexibility index (Phi) is 6.75. The van der Waals surface area contributed by atoms with Crippen LogP contribution >= 0.6 is 0 Å². The minimum absolute atomic E-state index is 0.0128. The van der Waals surface area contributed by atoms with Crippen LogP contribution in [-0.2, 0) is 16.1 Å². The summed E-state index contributed by atoms with van der Waals surface area (Å²) < 4.78 is 5.34. The van der Waals surface area contributed by atoms with Gasteiger partial charge in [-0.2, -0.15) is 0 Å². The average Bonchev–Trinajstić information content (AvgIpc) is 2.99. The summed E-state index contributed by atoms with van der Waals surface area (Å²) in [6.45, 7) is 4.77. The molecule has 1 aromatic heterocycles. The van der Waals surface area contributed by atoms with E-state index in [0.717, 1.165) is 38.5 Å². The van der Waals surface area contributed by atoms with Crippen LogP contribution in [0.15, 0.2) is 4.42 Å². The zero-order valence-corrected chi connectivity index (χ0v) is 14.9. The van der Waals surface area contributed by atoms with Gasteiger partial charge in [-0.15, -0.1) is 10.2 Å². The number of amides is 2. The highest BCUT2D eigenvalue weighted by molar-refractivity contribution is 5.87. The van der Waals surface area contributed by atoms with Crippen molar-refractivity contribution in [1.82, 2.24) is 20.4 Å². The minimum atomic E-state index is -0.255. The quantitative estimate of drug-likeness (QED) is 0.770. The van der Waals surface area contributed by atoms with Crippen molar-refractivity contribution in [3.63, 3.8) is 0 Å². The Morgan fingerprint density at radius 1 is 1.25 bits per heavy atom. The maximum Gasteiger partial charge on any atom is 0.235 e. The Morgan fingerprint density at radius 2 is 1.96 bits per heavy atom. The Bertz CT molecular complexity index is 558. The first-order chi connectivity index (χ1) is 11.5. The van der Waals surface area contributed by atoms with Crippen LogP contribution in [0.3, 0.4) is 0 Å². The van der Waals surface area contributed by atoms with Crippen molar-refractivity contribution in [3.8, 4) is 0 Å². The van der Waals surface area contributed by atoms with Gasteiger partial charge in [0.25, 0.3) is 0 Å². The Morgan fingerprint density at radius 3 is 2.58 bits per heavy atom. The lowest BCUT2D eigenvalue weighted by Crippen LogP contribution is -2.44. The van der Waals surface area contributed by atoms with Gasteiger partial charge in [-0.05, 0) is 19.3 Å². The molecule has 7 nitrogen and oxygen atoms in total. The van der Waals surface area contributed by atoms with Crippen molar-refractivity contribution in [2.24, 2.45) is 11.8 Å². The molecule has 1 heterocycles. The summed E-state index contributed by atoms with van der Waals surface area (Å²) in [6.07, 6.45) is 5.54. The standard InChI is InChI=1S/C17H28N4O3/c1-4-5-10-18-16(22)13-8-6-7-9-14(13)17(23)21(3)11-15-20-19-12(2)24-15/h13-14H,4-11H2,1-3H3,(H,18,22)/t13-,14+/m1/s1. The number of hydrogen-bond donors (Lipinski definition) is 1. The number of carbonyl (C=O) groups is 2. The van der Waals surface area contributed by atoms with Gasteiger partial charge in [0.05, 0.1) is 6.54 Å². The summed E-state index contributed by atoms with van der Waals surface area (Å²) in [5, 5.41) is 10.7. The van der Waals surface area contributed by atoms with E-state index in [9.17, 15) is 9.59 Å². The molecule has 0 bridgehead atoms. The summed E-state index contributed by atoms with van der Waals surface area (Å²) in [5.41, 5.74) is 0. The molecule has 1 fully saturated rings. The number of unbranched alkanes of at least 4 members (excludes halogenated alkanes) is 1. The molecule has 2 atom stereocenters. The second-order valence-electron chi connectivity index (χ2n) is 6.55. The molecular formula is C17H28N4O3. The van der Waals surface area contributed by atoms with Crippen LogP contribution < -0.4 is 5.32 Å². The lowest BCUT2D eigenvalue weighted by molar-refractivity contribution is -0.143. The van der Waals surface area contributed by atoms with Gasteiger partial charge < -0.3 is 14.6 Å².